The van der Waals surface area contributed by atoms with E-state index in [0.717, 1.165) is 11.4 Å². The number of benzene rings is 2. The van der Waals surface area contributed by atoms with Crippen LogP contribution in [-0.4, -0.2) is 19.6 Å². The maximum Gasteiger partial charge on any atom is 0.238 e. The van der Waals surface area contributed by atoms with Gasteiger partial charge >= 0.3 is 0 Å². The van der Waals surface area contributed by atoms with Gasteiger partial charge in [-0.1, -0.05) is 44.2 Å². The highest BCUT2D eigenvalue weighted by atomic mass is 16.5. The minimum Gasteiger partial charge on any atom is -0.497 e. The summed E-state index contributed by atoms with van der Waals surface area (Å²) in [5, 5.41) is 6.22. The van der Waals surface area contributed by atoms with Gasteiger partial charge in [-0.25, -0.2) is 0 Å². The average Bonchev–Trinajstić information content (AvgIpc) is 2.56. The van der Waals surface area contributed by atoms with Crippen molar-refractivity contribution in [3.8, 4) is 5.75 Å². The fourth-order valence-corrected chi connectivity index (χ4v) is 2.48. The van der Waals surface area contributed by atoms with Gasteiger partial charge in [-0.05, 0) is 35.7 Å². The molecule has 2 aromatic rings. The Morgan fingerprint density at radius 2 is 1.70 bits per heavy atom. The highest BCUT2D eigenvalue weighted by molar-refractivity contribution is 5.92. The van der Waals surface area contributed by atoms with Gasteiger partial charge in [0.25, 0.3) is 0 Å². The molecule has 0 aliphatic heterocycles. The van der Waals surface area contributed by atoms with Crippen LogP contribution in [0.5, 0.6) is 5.75 Å². The Morgan fingerprint density at radius 1 is 1.04 bits per heavy atom. The normalized spacial score (nSPS) is 12.0. The van der Waals surface area contributed by atoms with E-state index in [1.54, 1.807) is 7.11 Å². The lowest BCUT2D eigenvalue weighted by Crippen LogP contribution is -2.33. The zero-order valence-corrected chi connectivity index (χ0v) is 13.9. The lowest BCUT2D eigenvalue weighted by molar-refractivity contribution is -0.115. The van der Waals surface area contributed by atoms with E-state index in [2.05, 4.69) is 36.6 Å². The zero-order valence-electron chi connectivity index (χ0n) is 13.9. The van der Waals surface area contributed by atoms with Gasteiger partial charge in [0.1, 0.15) is 5.75 Å². The molecule has 0 aromatic heterocycles. The van der Waals surface area contributed by atoms with Crippen LogP contribution in [0, 0.1) is 5.92 Å². The molecule has 0 heterocycles. The van der Waals surface area contributed by atoms with Crippen LogP contribution >= 0.6 is 0 Å². The van der Waals surface area contributed by atoms with Crippen LogP contribution in [-0.2, 0) is 4.79 Å². The summed E-state index contributed by atoms with van der Waals surface area (Å²) in [5.41, 5.74) is 1.96. The van der Waals surface area contributed by atoms with Gasteiger partial charge in [-0.15, -0.1) is 0 Å². The first kappa shape index (κ1) is 17.0. The minimum absolute atomic E-state index is 0.0586. The van der Waals surface area contributed by atoms with Crippen LogP contribution in [0.2, 0.25) is 0 Å². The maximum atomic E-state index is 12.1. The summed E-state index contributed by atoms with van der Waals surface area (Å²) in [6.07, 6.45) is 0. The molecule has 2 rings (SSSR count). The van der Waals surface area contributed by atoms with Gasteiger partial charge < -0.3 is 15.4 Å². The second kappa shape index (κ2) is 8.34. The first-order valence-electron chi connectivity index (χ1n) is 7.82. The van der Waals surface area contributed by atoms with Crippen molar-refractivity contribution in [2.45, 2.75) is 19.9 Å². The molecule has 2 N–H and O–H groups in total. The van der Waals surface area contributed by atoms with Gasteiger partial charge in [0.15, 0.2) is 0 Å². The first-order valence-corrected chi connectivity index (χ1v) is 7.82. The molecule has 1 amide bonds. The maximum absolute atomic E-state index is 12.1. The molecule has 0 saturated carbocycles. The zero-order chi connectivity index (χ0) is 16.7. The molecule has 0 bridgehead atoms. The SMILES string of the molecule is COc1ccc(NC(=O)CN[C@H](c2ccccc2)C(C)C)cc1. The molecule has 23 heavy (non-hydrogen) atoms. The largest absolute Gasteiger partial charge is 0.497 e. The quantitative estimate of drug-likeness (QED) is 0.821. The number of methoxy groups -OCH3 is 1. The molecule has 2 aromatic carbocycles. The molecule has 0 aliphatic carbocycles. The summed E-state index contributed by atoms with van der Waals surface area (Å²) in [6.45, 7) is 4.56. The average molecular weight is 312 g/mol. The van der Waals surface area contributed by atoms with E-state index in [1.807, 2.05) is 42.5 Å². The molecule has 0 saturated heterocycles. The Labute approximate surface area is 137 Å². The van der Waals surface area contributed by atoms with Gasteiger partial charge in [0.05, 0.1) is 13.7 Å². The Kier molecular flexibility index (Phi) is 6.18. The van der Waals surface area contributed by atoms with Gasteiger partial charge in [-0.3, -0.25) is 4.79 Å². The molecular weight excluding hydrogens is 288 g/mol. The fraction of sp³-hybridized carbons (Fsp3) is 0.316. The number of hydrogen-bond donors (Lipinski definition) is 2. The lowest BCUT2D eigenvalue weighted by Gasteiger charge is -2.22. The molecule has 0 spiro atoms. The molecule has 0 aliphatic rings. The van der Waals surface area contributed by atoms with E-state index in [0.29, 0.717) is 5.92 Å². The Hall–Kier alpha value is -2.33. The molecule has 0 fully saturated rings. The van der Waals surface area contributed by atoms with Crippen LogP contribution in [0.1, 0.15) is 25.5 Å². The van der Waals surface area contributed by atoms with Crippen LogP contribution in [0.25, 0.3) is 0 Å². The molecule has 4 heteroatoms. The molecule has 122 valence electrons. The van der Waals surface area contributed by atoms with Crippen molar-refractivity contribution in [2.24, 2.45) is 5.92 Å². The third-order valence-electron chi connectivity index (χ3n) is 3.68. The van der Waals surface area contributed by atoms with Gasteiger partial charge in [0, 0.05) is 11.7 Å². The molecule has 1 atom stereocenters. The van der Waals surface area contributed by atoms with E-state index in [-0.39, 0.29) is 18.5 Å². The summed E-state index contributed by atoms with van der Waals surface area (Å²) in [6, 6.07) is 17.6. The third-order valence-corrected chi connectivity index (χ3v) is 3.68. The second-order valence-electron chi connectivity index (χ2n) is 5.79. The predicted molar refractivity (Wildman–Crippen MR) is 93.6 cm³/mol. The standard InChI is InChI=1S/C19H24N2O2/c1-14(2)19(15-7-5-4-6-8-15)20-13-18(22)21-16-9-11-17(23-3)12-10-16/h4-12,14,19-20H,13H2,1-3H3,(H,21,22)/t19-/m0/s1. The number of anilines is 1. The fourth-order valence-electron chi connectivity index (χ4n) is 2.48. The smallest absolute Gasteiger partial charge is 0.238 e. The summed E-state index contributed by atoms with van der Waals surface area (Å²) < 4.78 is 5.10. The number of hydrogen-bond acceptors (Lipinski definition) is 3. The molecule has 0 radical (unpaired) electrons. The van der Waals surface area contributed by atoms with E-state index in [4.69, 9.17) is 4.74 Å². The van der Waals surface area contributed by atoms with Crippen LogP contribution < -0.4 is 15.4 Å². The van der Waals surface area contributed by atoms with Crippen molar-refractivity contribution in [1.29, 1.82) is 0 Å². The Bertz CT molecular complexity index is 609. The predicted octanol–water partition coefficient (Wildman–Crippen LogP) is 3.62. The van der Waals surface area contributed by atoms with Crippen molar-refractivity contribution in [3.63, 3.8) is 0 Å². The molecule has 0 unspecified atom stereocenters. The first-order chi connectivity index (χ1) is 11.1. The summed E-state index contributed by atoms with van der Waals surface area (Å²) in [5.74, 6) is 1.10. The van der Waals surface area contributed by atoms with Crippen LogP contribution in [0.3, 0.4) is 0 Å². The third kappa shape index (κ3) is 5.11. The minimum atomic E-state index is -0.0586. The molecule has 4 nitrogen and oxygen atoms in total. The number of rotatable bonds is 7. The summed E-state index contributed by atoms with van der Waals surface area (Å²) in [4.78, 5) is 12.1. The van der Waals surface area contributed by atoms with Crippen molar-refractivity contribution in [3.05, 3.63) is 60.2 Å². The van der Waals surface area contributed by atoms with Crippen LogP contribution in [0.4, 0.5) is 5.69 Å². The lowest BCUT2D eigenvalue weighted by atomic mass is 9.96. The number of carbonyl (C=O) groups is 1. The van der Waals surface area contributed by atoms with Crippen molar-refractivity contribution in [2.75, 3.05) is 19.0 Å². The molecular formula is C19H24N2O2. The van der Waals surface area contributed by atoms with Crippen molar-refractivity contribution in [1.82, 2.24) is 5.32 Å². The number of carbonyl (C=O) groups excluding carboxylic acids is 1. The van der Waals surface area contributed by atoms with Crippen molar-refractivity contribution >= 4 is 11.6 Å². The van der Waals surface area contributed by atoms with E-state index >= 15 is 0 Å². The van der Waals surface area contributed by atoms with E-state index in [9.17, 15) is 4.79 Å². The van der Waals surface area contributed by atoms with Crippen LogP contribution in [0.15, 0.2) is 54.6 Å². The monoisotopic (exact) mass is 312 g/mol. The number of ether oxygens (including phenoxy) is 1. The number of nitrogens with one attached hydrogen (secondary N) is 2. The van der Waals surface area contributed by atoms with Gasteiger partial charge in [-0.2, -0.15) is 0 Å². The van der Waals surface area contributed by atoms with Crippen molar-refractivity contribution < 1.29 is 9.53 Å². The number of amides is 1. The highest BCUT2D eigenvalue weighted by Crippen LogP contribution is 2.21. The Morgan fingerprint density at radius 3 is 2.26 bits per heavy atom. The summed E-state index contributed by atoms with van der Waals surface area (Å²) >= 11 is 0. The van der Waals surface area contributed by atoms with Gasteiger partial charge in [0.2, 0.25) is 5.91 Å². The summed E-state index contributed by atoms with van der Waals surface area (Å²) in [7, 11) is 1.62. The Balaban J connectivity index is 1.91. The topological polar surface area (TPSA) is 50.4 Å². The highest BCUT2D eigenvalue weighted by Gasteiger charge is 2.16. The second-order valence-corrected chi connectivity index (χ2v) is 5.79. The van der Waals surface area contributed by atoms with E-state index < -0.39 is 0 Å². The van der Waals surface area contributed by atoms with E-state index in [1.165, 1.54) is 5.56 Å².